The first-order chi connectivity index (χ1) is 8.56. The lowest BCUT2D eigenvalue weighted by Gasteiger charge is -2.10. The van der Waals surface area contributed by atoms with E-state index in [4.69, 9.17) is 10.5 Å². The molecule has 0 aromatic heterocycles. The van der Waals surface area contributed by atoms with Gasteiger partial charge < -0.3 is 10.6 Å². The second kappa shape index (κ2) is 6.07. The first-order valence-corrected chi connectivity index (χ1v) is 5.19. The third kappa shape index (κ3) is 3.66. The van der Waals surface area contributed by atoms with E-state index in [2.05, 4.69) is 17.2 Å². The van der Waals surface area contributed by atoms with Crippen molar-refractivity contribution >= 4 is 17.3 Å². The number of anilines is 2. The van der Waals surface area contributed by atoms with Gasteiger partial charge in [0.15, 0.2) is 5.92 Å². The molecule has 2 N–H and O–H groups in total. The summed E-state index contributed by atoms with van der Waals surface area (Å²) in [6.07, 6.45) is 0. The van der Waals surface area contributed by atoms with Gasteiger partial charge in [-0.15, -0.1) is 0 Å². The minimum atomic E-state index is -0.889. The molecule has 90 valence electrons. The highest BCUT2D eigenvalue weighted by Gasteiger charge is 2.10. The monoisotopic (exact) mass is 240 g/mol. The Balaban J connectivity index is 2.70. The van der Waals surface area contributed by atoms with Gasteiger partial charge in [0.2, 0.25) is 5.91 Å². The highest BCUT2D eigenvalue weighted by atomic mass is 16.1. The van der Waals surface area contributed by atoms with Crippen LogP contribution in [0.5, 0.6) is 0 Å². The molecule has 0 aliphatic rings. The van der Waals surface area contributed by atoms with Gasteiger partial charge in [0.05, 0.1) is 12.1 Å². The molecule has 0 radical (unpaired) electrons. The Bertz CT molecular complexity index is 520. The summed E-state index contributed by atoms with van der Waals surface area (Å²) in [6, 6.07) is 10.5. The highest BCUT2D eigenvalue weighted by Crippen LogP contribution is 2.17. The van der Waals surface area contributed by atoms with Gasteiger partial charge in [-0.2, -0.15) is 10.5 Å². The fraction of sp³-hybridized carbons (Fsp3) is 0.154. The first-order valence-electron chi connectivity index (χ1n) is 5.19. The number of hydrogen-bond donors (Lipinski definition) is 2. The van der Waals surface area contributed by atoms with E-state index in [1.807, 2.05) is 12.1 Å². The van der Waals surface area contributed by atoms with E-state index in [1.165, 1.54) is 6.92 Å². The average molecular weight is 240 g/mol. The summed E-state index contributed by atoms with van der Waals surface area (Å²) in [7, 11) is 0. The fourth-order valence-electron chi connectivity index (χ4n) is 1.28. The van der Waals surface area contributed by atoms with Crippen molar-refractivity contribution in [2.75, 3.05) is 10.6 Å². The van der Waals surface area contributed by atoms with Crippen molar-refractivity contribution in [3.8, 4) is 12.1 Å². The maximum atomic E-state index is 10.8. The van der Waals surface area contributed by atoms with Crippen LogP contribution < -0.4 is 10.6 Å². The van der Waals surface area contributed by atoms with E-state index in [0.717, 1.165) is 0 Å². The molecule has 0 spiro atoms. The first kappa shape index (κ1) is 13.3. The molecule has 0 atom stereocenters. The van der Waals surface area contributed by atoms with Crippen molar-refractivity contribution in [2.45, 2.75) is 6.92 Å². The third-order valence-electron chi connectivity index (χ3n) is 2.12. The zero-order chi connectivity index (χ0) is 13.5. The Morgan fingerprint density at radius 2 is 1.61 bits per heavy atom. The molecule has 18 heavy (non-hydrogen) atoms. The van der Waals surface area contributed by atoms with Gasteiger partial charge in [-0.3, -0.25) is 4.79 Å². The van der Waals surface area contributed by atoms with Crippen LogP contribution in [0.25, 0.3) is 0 Å². The van der Waals surface area contributed by atoms with Crippen molar-refractivity contribution < 1.29 is 4.79 Å². The highest BCUT2D eigenvalue weighted by molar-refractivity contribution is 5.88. The standard InChI is InChI=1S/C13H12N4O/c1-9(11(7-14)8-15)16-12-3-5-13(6-4-12)17-10(2)18/h3-6,11,16H,1H2,2H3,(H,17,18). The van der Waals surface area contributed by atoms with Crippen LogP contribution in [0.1, 0.15) is 6.92 Å². The summed E-state index contributed by atoms with van der Waals surface area (Å²) >= 11 is 0. The largest absolute Gasteiger partial charge is 0.357 e. The van der Waals surface area contributed by atoms with E-state index >= 15 is 0 Å². The van der Waals surface area contributed by atoms with Crippen LogP contribution >= 0.6 is 0 Å². The van der Waals surface area contributed by atoms with E-state index in [0.29, 0.717) is 17.1 Å². The number of carbonyl (C=O) groups is 1. The number of rotatable bonds is 4. The summed E-state index contributed by atoms with van der Waals surface area (Å²) in [5, 5.41) is 22.9. The Kier molecular flexibility index (Phi) is 4.48. The molecule has 1 aromatic carbocycles. The zero-order valence-corrected chi connectivity index (χ0v) is 9.90. The molecule has 0 bridgehead atoms. The second-order valence-corrected chi connectivity index (χ2v) is 3.60. The topological polar surface area (TPSA) is 88.7 Å². The van der Waals surface area contributed by atoms with E-state index in [9.17, 15) is 4.79 Å². The number of allylic oxidation sites excluding steroid dienone is 1. The second-order valence-electron chi connectivity index (χ2n) is 3.60. The lowest BCUT2D eigenvalue weighted by Crippen LogP contribution is -2.08. The lowest BCUT2D eigenvalue weighted by molar-refractivity contribution is -0.114. The molecule has 0 aliphatic heterocycles. The van der Waals surface area contributed by atoms with Crippen LogP contribution in [0, 0.1) is 28.6 Å². The fourth-order valence-corrected chi connectivity index (χ4v) is 1.28. The van der Waals surface area contributed by atoms with Crippen molar-refractivity contribution in [1.82, 2.24) is 0 Å². The number of nitriles is 2. The van der Waals surface area contributed by atoms with Crippen molar-refractivity contribution in [1.29, 1.82) is 10.5 Å². The number of benzene rings is 1. The summed E-state index contributed by atoms with van der Waals surface area (Å²) in [6.45, 7) is 5.07. The maximum Gasteiger partial charge on any atom is 0.221 e. The lowest BCUT2D eigenvalue weighted by atomic mass is 10.1. The summed E-state index contributed by atoms with van der Waals surface area (Å²) in [4.78, 5) is 10.8. The summed E-state index contributed by atoms with van der Waals surface area (Å²) < 4.78 is 0. The molecule has 0 aliphatic carbocycles. The minimum Gasteiger partial charge on any atom is -0.357 e. The van der Waals surface area contributed by atoms with Crippen LogP contribution in [0.3, 0.4) is 0 Å². The van der Waals surface area contributed by atoms with Crippen LogP contribution in [-0.4, -0.2) is 5.91 Å². The van der Waals surface area contributed by atoms with Gasteiger partial charge in [-0.1, -0.05) is 6.58 Å². The number of amides is 1. The Labute approximate surface area is 105 Å². The molecule has 0 saturated carbocycles. The Hall–Kier alpha value is -2.79. The zero-order valence-electron chi connectivity index (χ0n) is 9.90. The molecule has 1 rings (SSSR count). The maximum absolute atomic E-state index is 10.8. The predicted octanol–water partition coefficient (Wildman–Crippen LogP) is 2.23. The smallest absolute Gasteiger partial charge is 0.221 e. The number of nitrogens with zero attached hydrogens (tertiary/aromatic N) is 2. The van der Waals surface area contributed by atoms with Gasteiger partial charge >= 0.3 is 0 Å². The minimum absolute atomic E-state index is 0.144. The molecule has 1 aromatic rings. The van der Waals surface area contributed by atoms with Gasteiger partial charge in [-0.25, -0.2) is 0 Å². The Morgan fingerprint density at radius 3 is 2.00 bits per heavy atom. The number of carbonyl (C=O) groups excluding carboxylic acids is 1. The summed E-state index contributed by atoms with van der Waals surface area (Å²) in [5.74, 6) is -1.03. The summed E-state index contributed by atoms with van der Waals surface area (Å²) in [5.41, 5.74) is 1.70. The van der Waals surface area contributed by atoms with Crippen LogP contribution in [0.4, 0.5) is 11.4 Å². The molecule has 5 nitrogen and oxygen atoms in total. The van der Waals surface area contributed by atoms with Gasteiger partial charge in [-0.05, 0) is 24.3 Å². The van der Waals surface area contributed by atoms with Crippen LogP contribution in [-0.2, 0) is 4.79 Å². The van der Waals surface area contributed by atoms with Gasteiger partial charge in [0.1, 0.15) is 0 Å². The van der Waals surface area contributed by atoms with Gasteiger partial charge in [0.25, 0.3) is 0 Å². The third-order valence-corrected chi connectivity index (χ3v) is 2.12. The molecule has 0 unspecified atom stereocenters. The van der Waals surface area contributed by atoms with Crippen molar-refractivity contribution in [2.24, 2.45) is 5.92 Å². The molecule has 0 heterocycles. The predicted molar refractivity (Wildman–Crippen MR) is 68.2 cm³/mol. The van der Waals surface area contributed by atoms with Crippen LogP contribution in [0.2, 0.25) is 0 Å². The van der Waals surface area contributed by atoms with Crippen LogP contribution in [0.15, 0.2) is 36.5 Å². The Morgan fingerprint density at radius 1 is 1.17 bits per heavy atom. The van der Waals surface area contributed by atoms with Crippen molar-refractivity contribution in [3.05, 3.63) is 36.5 Å². The molecular formula is C13H12N4O. The SMILES string of the molecule is C=C(Nc1ccc(NC(C)=O)cc1)C(C#N)C#N. The van der Waals surface area contributed by atoms with Crippen molar-refractivity contribution in [3.63, 3.8) is 0 Å². The normalized spacial score (nSPS) is 9.11. The van der Waals surface area contributed by atoms with E-state index in [-0.39, 0.29) is 5.91 Å². The van der Waals surface area contributed by atoms with Gasteiger partial charge in [0, 0.05) is 24.0 Å². The van der Waals surface area contributed by atoms with E-state index < -0.39 is 5.92 Å². The van der Waals surface area contributed by atoms with E-state index in [1.54, 1.807) is 24.3 Å². The molecular weight excluding hydrogens is 228 g/mol. The number of hydrogen-bond acceptors (Lipinski definition) is 4. The molecule has 0 saturated heterocycles. The number of nitrogens with one attached hydrogen (secondary N) is 2. The quantitative estimate of drug-likeness (QED) is 0.844. The average Bonchev–Trinajstić information content (AvgIpc) is 2.32. The molecule has 1 amide bonds. The molecule has 5 heteroatoms. The molecule has 0 fully saturated rings.